The molecule has 0 aromatic heterocycles. The number of hydrogen-bond acceptors (Lipinski definition) is 5. The number of ether oxygens (including phenoxy) is 2. The Morgan fingerprint density at radius 1 is 1.07 bits per heavy atom. The van der Waals surface area contributed by atoms with E-state index < -0.39 is 15.9 Å². The van der Waals surface area contributed by atoms with Gasteiger partial charge < -0.3 is 14.8 Å². The lowest BCUT2D eigenvalue weighted by molar-refractivity contribution is -0.120. The number of benzene rings is 2. The molecule has 1 amide bonds. The Morgan fingerprint density at radius 3 is 2.81 bits per heavy atom. The van der Waals surface area contributed by atoms with Crippen LogP contribution in [0.2, 0.25) is 0 Å². The van der Waals surface area contributed by atoms with Gasteiger partial charge in [-0.3, -0.25) is 4.79 Å². The van der Waals surface area contributed by atoms with E-state index in [1.54, 1.807) is 6.07 Å². The molecular formula is C19H20N2O5S. The molecule has 0 bridgehead atoms. The lowest BCUT2D eigenvalue weighted by atomic mass is 10.0. The standard InChI is InChI=1S/C19H20N2O5S/c22-18(21-15-9-11-25-16-6-2-1-5-14(15)16)12-20-27(23,24)17-7-3-4-13-8-10-26-19(13)17/h1-7,15,20H,8-12H2,(H,21,22). The fourth-order valence-electron chi connectivity index (χ4n) is 3.37. The molecule has 0 saturated heterocycles. The highest BCUT2D eigenvalue weighted by Gasteiger charge is 2.27. The maximum absolute atomic E-state index is 12.6. The van der Waals surface area contributed by atoms with Gasteiger partial charge in [0.25, 0.3) is 0 Å². The van der Waals surface area contributed by atoms with E-state index in [-0.39, 0.29) is 17.5 Å². The van der Waals surface area contributed by atoms with Crippen molar-refractivity contribution in [2.75, 3.05) is 19.8 Å². The predicted octanol–water partition coefficient (Wildman–Crippen LogP) is 1.54. The summed E-state index contributed by atoms with van der Waals surface area (Å²) in [6, 6.07) is 12.3. The molecule has 2 aromatic carbocycles. The maximum atomic E-state index is 12.6. The van der Waals surface area contributed by atoms with Crippen molar-refractivity contribution in [3.05, 3.63) is 53.6 Å². The average molecular weight is 388 g/mol. The van der Waals surface area contributed by atoms with E-state index in [0.29, 0.717) is 31.8 Å². The third kappa shape index (κ3) is 3.63. The minimum absolute atomic E-state index is 0.0710. The van der Waals surface area contributed by atoms with Crippen LogP contribution in [0.3, 0.4) is 0 Å². The highest BCUT2D eigenvalue weighted by atomic mass is 32.2. The summed E-state index contributed by atoms with van der Waals surface area (Å²) in [6.07, 6.45) is 1.32. The van der Waals surface area contributed by atoms with Crippen molar-refractivity contribution < 1.29 is 22.7 Å². The Balaban J connectivity index is 1.42. The van der Waals surface area contributed by atoms with Gasteiger partial charge in [0.05, 0.1) is 25.8 Å². The van der Waals surface area contributed by atoms with E-state index in [1.807, 2.05) is 30.3 Å². The summed E-state index contributed by atoms with van der Waals surface area (Å²) in [4.78, 5) is 12.4. The maximum Gasteiger partial charge on any atom is 0.244 e. The van der Waals surface area contributed by atoms with E-state index >= 15 is 0 Å². The van der Waals surface area contributed by atoms with Crippen LogP contribution in [0.15, 0.2) is 47.4 Å². The van der Waals surface area contributed by atoms with Crippen LogP contribution in [0.5, 0.6) is 11.5 Å². The summed E-state index contributed by atoms with van der Waals surface area (Å²) in [5.41, 5.74) is 1.76. The second kappa shape index (κ2) is 7.21. The zero-order valence-corrected chi connectivity index (χ0v) is 15.4. The summed E-state index contributed by atoms with van der Waals surface area (Å²) >= 11 is 0. The number of hydrogen-bond donors (Lipinski definition) is 2. The molecule has 2 heterocycles. The van der Waals surface area contributed by atoms with Crippen molar-refractivity contribution in [2.45, 2.75) is 23.8 Å². The van der Waals surface area contributed by atoms with Gasteiger partial charge >= 0.3 is 0 Å². The molecule has 0 saturated carbocycles. The number of rotatable bonds is 5. The summed E-state index contributed by atoms with van der Waals surface area (Å²) in [5.74, 6) is 0.726. The van der Waals surface area contributed by atoms with E-state index in [1.165, 1.54) is 6.07 Å². The molecule has 0 aliphatic carbocycles. The lowest BCUT2D eigenvalue weighted by Gasteiger charge is -2.26. The SMILES string of the molecule is O=C(CNS(=O)(=O)c1cccc2c1OCC2)NC1CCOc2ccccc21. The molecule has 1 atom stereocenters. The number of carbonyl (C=O) groups is 1. The first kappa shape index (κ1) is 17.8. The quantitative estimate of drug-likeness (QED) is 0.810. The molecule has 2 N–H and O–H groups in total. The molecule has 2 aliphatic rings. The van der Waals surface area contributed by atoms with Crippen LogP contribution in [-0.2, 0) is 21.2 Å². The summed E-state index contributed by atoms with van der Waals surface area (Å²) in [5, 5.41) is 2.87. The van der Waals surface area contributed by atoms with Gasteiger partial charge in [0, 0.05) is 18.4 Å². The topological polar surface area (TPSA) is 93.7 Å². The highest BCUT2D eigenvalue weighted by Crippen LogP contribution is 2.33. The Hall–Kier alpha value is -2.58. The van der Waals surface area contributed by atoms with Crippen LogP contribution < -0.4 is 19.5 Å². The zero-order valence-electron chi connectivity index (χ0n) is 14.6. The highest BCUT2D eigenvalue weighted by molar-refractivity contribution is 7.89. The number of amides is 1. The van der Waals surface area contributed by atoms with Gasteiger partial charge in [0.2, 0.25) is 15.9 Å². The first-order chi connectivity index (χ1) is 13.0. The van der Waals surface area contributed by atoms with E-state index in [4.69, 9.17) is 9.47 Å². The molecule has 1 unspecified atom stereocenters. The van der Waals surface area contributed by atoms with Gasteiger partial charge in [-0.2, -0.15) is 0 Å². The second-order valence-corrected chi connectivity index (χ2v) is 8.20. The van der Waals surface area contributed by atoms with Crippen molar-refractivity contribution >= 4 is 15.9 Å². The Kier molecular flexibility index (Phi) is 4.75. The number of para-hydroxylation sites is 2. The third-order valence-electron chi connectivity index (χ3n) is 4.68. The fraction of sp³-hybridized carbons (Fsp3) is 0.316. The zero-order chi connectivity index (χ0) is 18.9. The monoisotopic (exact) mass is 388 g/mol. The number of fused-ring (bicyclic) bond motifs is 2. The van der Waals surface area contributed by atoms with E-state index in [0.717, 1.165) is 16.9 Å². The molecular weight excluding hydrogens is 368 g/mol. The molecule has 8 heteroatoms. The van der Waals surface area contributed by atoms with Crippen molar-refractivity contribution in [2.24, 2.45) is 0 Å². The van der Waals surface area contributed by atoms with Crippen molar-refractivity contribution in [1.29, 1.82) is 0 Å². The van der Waals surface area contributed by atoms with Crippen LogP contribution in [0.1, 0.15) is 23.6 Å². The number of sulfonamides is 1. The molecule has 142 valence electrons. The normalized spacial score (nSPS) is 18.0. The molecule has 0 radical (unpaired) electrons. The fourth-order valence-corrected chi connectivity index (χ4v) is 4.54. The average Bonchev–Trinajstić information content (AvgIpc) is 3.15. The first-order valence-electron chi connectivity index (χ1n) is 8.80. The Labute approximate surface area is 157 Å². The molecule has 27 heavy (non-hydrogen) atoms. The Morgan fingerprint density at radius 2 is 1.93 bits per heavy atom. The molecule has 0 spiro atoms. The predicted molar refractivity (Wildman–Crippen MR) is 98.3 cm³/mol. The van der Waals surface area contributed by atoms with Crippen LogP contribution in [-0.4, -0.2) is 34.1 Å². The third-order valence-corrected chi connectivity index (χ3v) is 6.11. The lowest BCUT2D eigenvalue weighted by Crippen LogP contribution is -2.40. The number of carbonyl (C=O) groups excluding carboxylic acids is 1. The van der Waals surface area contributed by atoms with Crippen LogP contribution in [0.4, 0.5) is 0 Å². The van der Waals surface area contributed by atoms with Gasteiger partial charge in [-0.15, -0.1) is 0 Å². The Bertz CT molecular complexity index is 974. The van der Waals surface area contributed by atoms with E-state index in [9.17, 15) is 13.2 Å². The van der Waals surface area contributed by atoms with Crippen molar-refractivity contribution in [3.63, 3.8) is 0 Å². The van der Waals surface area contributed by atoms with Gasteiger partial charge in [-0.1, -0.05) is 30.3 Å². The van der Waals surface area contributed by atoms with Crippen LogP contribution >= 0.6 is 0 Å². The molecule has 2 aromatic rings. The van der Waals surface area contributed by atoms with E-state index in [2.05, 4.69) is 10.0 Å². The number of nitrogens with one attached hydrogen (secondary N) is 2. The molecule has 4 rings (SSSR count). The molecule has 0 fully saturated rings. The van der Waals surface area contributed by atoms with Crippen molar-refractivity contribution in [3.8, 4) is 11.5 Å². The van der Waals surface area contributed by atoms with Crippen LogP contribution in [0, 0.1) is 0 Å². The van der Waals surface area contributed by atoms with Gasteiger partial charge in [0.1, 0.15) is 16.4 Å². The summed E-state index contributed by atoms with van der Waals surface area (Å²) in [7, 11) is -3.84. The van der Waals surface area contributed by atoms with Crippen LogP contribution in [0.25, 0.3) is 0 Å². The molecule has 2 aliphatic heterocycles. The van der Waals surface area contributed by atoms with Gasteiger partial charge in [-0.25, -0.2) is 13.1 Å². The summed E-state index contributed by atoms with van der Waals surface area (Å²) < 4.78 is 38.6. The largest absolute Gasteiger partial charge is 0.493 e. The minimum atomic E-state index is -3.84. The van der Waals surface area contributed by atoms with Crippen molar-refractivity contribution in [1.82, 2.24) is 10.0 Å². The molecule has 7 nitrogen and oxygen atoms in total. The summed E-state index contributed by atoms with van der Waals surface area (Å²) in [6.45, 7) is 0.623. The van der Waals surface area contributed by atoms with Gasteiger partial charge in [-0.05, 0) is 17.7 Å². The van der Waals surface area contributed by atoms with Gasteiger partial charge in [0.15, 0.2) is 0 Å². The smallest absolute Gasteiger partial charge is 0.244 e. The first-order valence-corrected chi connectivity index (χ1v) is 10.3. The minimum Gasteiger partial charge on any atom is -0.493 e. The second-order valence-electron chi connectivity index (χ2n) is 6.46.